The number of anilines is 1. The van der Waals surface area contributed by atoms with Crippen LogP contribution in [0, 0.1) is 0 Å². The Balaban J connectivity index is 1.51. The number of carbonyl (C=O) groups excluding carboxylic acids is 1. The van der Waals surface area contributed by atoms with Gasteiger partial charge in [-0.15, -0.1) is 11.3 Å². The molecule has 4 nitrogen and oxygen atoms in total. The van der Waals surface area contributed by atoms with E-state index in [1.807, 2.05) is 29.2 Å². The largest absolute Gasteiger partial charge is 0.418 e. The molecular formula is C21H20F3N3OS. The van der Waals surface area contributed by atoms with E-state index in [9.17, 15) is 18.0 Å². The molecule has 1 aliphatic rings. The number of nitrogens with one attached hydrogen (secondary N) is 1. The highest BCUT2D eigenvalue weighted by atomic mass is 32.1. The van der Waals surface area contributed by atoms with Crippen LogP contribution in [0.5, 0.6) is 0 Å². The van der Waals surface area contributed by atoms with E-state index in [1.54, 1.807) is 11.3 Å². The number of likely N-dealkylation sites (tertiary alicyclic amines) is 1. The van der Waals surface area contributed by atoms with Crippen LogP contribution in [0.1, 0.15) is 35.9 Å². The normalized spacial score (nSPS) is 18.1. The first-order chi connectivity index (χ1) is 13.9. The molecule has 8 heteroatoms. The molecule has 1 aliphatic heterocycles. The van der Waals surface area contributed by atoms with Gasteiger partial charge in [-0.05, 0) is 43.7 Å². The van der Waals surface area contributed by atoms with Crippen molar-refractivity contribution in [1.82, 2.24) is 9.88 Å². The van der Waals surface area contributed by atoms with Gasteiger partial charge in [-0.2, -0.15) is 13.2 Å². The standard InChI is InChI=1S/C21H20F3N3OS/c22-21(23,24)14-7-1-2-8-15(14)25-19(28)13-27-12-6-5-10-17(27)20-26-16-9-3-4-11-18(16)29-20/h1-4,7-9,11,17H,5-6,10,12-13H2,(H,25,28)/t17-/m0/s1. The summed E-state index contributed by atoms with van der Waals surface area (Å²) in [7, 11) is 0. The Bertz CT molecular complexity index is 985. The summed E-state index contributed by atoms with van der Waals surface area (Å²) in [6.07, 6.45) is -1.64. The number of rotatable bonds is 4. The Morgan fingerprint density at radius 2 is 1.90 bits per heavy atom. The minimum atomic E-state index is -4.52. The van der Waals surface area contributed by atoms with Crippen molar-refractivity contribution < 1.29 is 18.0 Å². The fourth-order valence-electron chi connectivity index (χ4n) is 3.71. The van der Waals surface area contributed by atoms with Crippen molar-refractivity contribution in [1.29, 1.82) is 0 Å². The highest BCUT2D eigenvalue weighted by molar-refractivity contribution is 7.18. The number of amides is 1. The minimum absolute atomic E-state index is 0.00441. The molecule has 0 unspecified atom stereocenters. The Morgan fingerprint density at radius 3 is 2.69 bits per heavy atom. The van der Waals surface area contributed by atoms with Crippen LogP contribution in [-0.2, 0) is 11.0 Å². The molecule has 1 saturated heterocycles. The lowest BCUT2D eigenvalue weighted by atomic mass is 10.0. The molecule has 29 heavy (non-hydrogen) atoms. The van der Waals surface area contributed by atoms with Gasteiger partial charge in [0.2, 0.25) is 5.91 Å². The van der Waals surface area contributed by atoms with E-state index in [-0.39, 0.29) is 18.3 Å². The van der Waals surface area contributed by atoms with Gasteiger partial charge in [-0.3, -0.25) is 9.69 Å². The number of thiazole rings is 1. The average molecular weight is 419 g/mol. The molecule has 1 atom stereocenters. The monoisotopic (exact) mass is 419 g/mol. The second-order valence-corrected chi connectivity index (χ2v) is 8.16. The lowest BCUT2D eigenvalue weighted by Gasteiger charge is -2.33. The molecule has 0 radical (unpaired) electrons. The smallest absolute Gasteiger partial charge is 0.324 e. The summed E-state index contributed by atoms with van der Waals surface area (Å²) in [5.74, 6) is -0.449. The number of carbonyl (C=O) groups is 1. The summed E-state index contributed by atoms with van der Waals surface area (Å²) in [5.41, 5.74) is -0.116. The summed E-state index contributed by atoms with van der Waals surface area (Å²) in [6, 6.07) is 12.9. The van der Waals surface area contributed by atoms with E-state index in [0.717, 1.165) is 47.1 Å². The SMILES string of the molecule is O=C(CN1CCCC[C@H]1c1nc2ccccc2s1)Nc1ccccc1C(F)(F)F. The summed E-state index contributed by atoms with van der Waals surface area (Å²) < 4.78 is 40.6. The van der Waals surface area contributed by atoms with Crippen molar-refractivity contribution in [3.05, 3.63) is 59.1 Å². The van der Waals surface area contributed by atoms with Gasteiger partial charge >= 0.3 is 6.18 Å². The number of fused-ring (bicyclic) bond motifs is 1. The molecule has 3 aromatic rings. The molecule has 1 fully saturated rings. The van der Waals surface area contributed by atoms with Crippen LogP contribution < -0.4 is 5.32 Å². The third-order valence-electron chi connectivity index (χ3n) is 5.06. The number of halogens is 3. The van der Waals surface area contributed by atoms with Crippen LogP contribution in [0.3, 0.4) is 0 Å². The minimum Gasteiger partial charge on any atom is -0.324 e. The molecule has 1 amide bonds. The fraction of sp³-hybridized carbons (Fsp3) is 0.333. The first-order valence-electron chi connectivity index (χ1n) is 9.47. The Kier molecular flexibility index (Phi) is 5.56. The van der Waals surface area contributed by atoms with Crippen molar-refractivity contribution in [2.45, 2.75) is 31.5 Å². The molecule has 1 aromatic heterocycles. The predicted molar refractivity (Wildman–Crippen MR) is 108 cm³/mol. The van der Waals surface area contributed by atoms with Crippen LogP contribution in [-0.4, -0.2) is 28.9 Å². The van der Waals surface area contributed by atoms with Crippen LogP contribution in [0.15, 0.2) is 48.5 Å². The summed E-state index contributed by atoms with van der Waals surface area (Å²) >= 11 is 1.61. The van der Waals surface area contributed by atoms with Gasteiger partial charge in [0.05, 0.1) is 34.1 Å². The lowest BCUT2D eigenvalue weighted by molar-refractivity contribution is -0.137. The van der Waals surface area contributed by atoms with E-state index in [1.165, 1.54) is 18.2 Å². The van der Waals surface area contributed by atoms with Crippen LogP contribution in [0.25, 0.3) is 10.2 Å². The van der Waals surface area contributed by atoms with Gasteiger partial charge in [0.25, 0.3) is 0 Å². The van der Waals surface area contributed by atoms with Crippen molar-refractivity contribution >= 4 is 33.1 Å². The molecule has 0 spiro atoms. The van der Waals surface area contributed by atoms with Crippen molar-refractivity contribution in [2.75, 3.05) is 18.4 Å². The zero-order valence-electron chi connectivity index (χ0n) is 15.6. The molecule has 4 rings (SSSR count). The van der Waals surface area contributed by atoms with E-state index in [0.29, 0.717) is 0 Å². The molecular weight excluding hydrogens is 399 g/mol. The number of nitrogens with zero attached hydrogens (tertiary/aromatic N) is 2. The highest BCUT2D eigenvalue weighted by Crippen LogP contribution is 2.36. The molecule has 1 N–H and O–H groups in total. The van der Waals surface area contributed by atoms with Crippen molar-refractivity contribution in [2.24, 2.45) is 0 Å². The Morgan fingerprint density at radius 1 is 1.14 bits per heavy atom. The number of hydrogen-bond acceptors (Lipinski definition) is 4. The highest BCUT2D eigenvalue weighted by Gasteiger charge is 2.34. The van der Waals surface area contributed by atoms with Gasteiger partial charge in [0, 0.05) is 0 Å². The van der Waals surface area contributed by atoms with Crippen molar-refractivity contribution in [3.63, 3.8) is 0 Å². The number of piperidine rings is 1. The molecule has 0 bridgehead atoms. The summed E-state index contributed by atoms with van der Waals surface area (Å²) in [5, 5.41) is 3.40. The first-order valence-corrected chi connectivity index (χ1v) is 10.3. The van der Waals surface area contributed by atoms with Gasteiger partial charge in [0.15, 0.2) is 0 Å². The van der Waals surface area contributed by atoms with Gasteiger partial charge < -0.3 is 5.32 Å². The zero-order valence-corrected chi connectivity index (χ0v) is 16.4. The topological polar surface area (TPSA) is 45.2 Å². The second kappa shape index (κ2) is 8.12. The Hall–Kier alpha value is -2.45. The number of benzene rings is 2. The maximum atomic E-state index is 13.2. The molecule has 2 heterocycles. The number of hydrogen-bond donors (Lipinski definition) is 1. The maximum Gasteiger partial charge on any atom is 0.418 e. The van der Waals surface area contributed by atoms with E-state index < -0.39 is 17.6 Å². The van der Waals surface area contributed by atoms with Crippen LogP contribution in [0.4, 0.5) is 18.9 Å². The van der Waals surface area contributed by atoms with E-state index in [4.69, 9.17) is 4.98 Å². The third-order valence-corrected chi connectivity index (χ3v) is 6.20. The molecule has 0 aliphatic carbocycles. The van der Waals surface area contributed by atoms with Gasteiger partial charge in [-0.25, -0.2) is 4.98 Å². The predicted octanol–water partition coefficient (Wildman–Crippen LogP) is 5.48. The van der Waals surface area contributed by atoms with E-state index in [2.05, 4.69) is 5.32 Å². The summed E-state index contributed by atoms with van der Waals surface area (Å²) in [6.45, 7) is 0.752. The lowest BCUT2D eigenvalue weighted by Crippen LogP contribution is -2.39. The maximum absolute atomic E-state index is 13.2. The third kappa shape index (κ3) is 4.43. The summed E-state index contributed by atoms with van der Waals surface area (Å²) in [4.78, 5) is 19.3. The van der Waals surface area contributed by atoms with E-state index >= 15 is 0 Å². The van der Waals surface area contributed by atoms with Gasteiger partial charge in [-0.1, -0.05) is 30.7 Å². The zero-order chi connectivity index (χ0) is 20.4. The Labute approximate surface area is 170 Å². The van der Waals surface area contributed by atoms with Crippen molar-refractivity contribution in [3.8, 4) is 0 Å². The quantitative estimate of drug-likeness (QED) is 0.609. The molecule has 152 valence electrons. The van der Waals surface area contributed by atoms with Gasteiger partial charge in [0.1, 0.15) is 5.01 Å². The van der Waals surface area contributed by atoms with Crippen LogP contribution >= 0.6 is 11.3 Å². The first kappa shape index (κ1) is 19.8. The van der Waals surface area contributed by atoms with Crippen LogP contribution in [0.2, 0.25) is 0 Å². The average Bonchev–Trinajstić information content (AvgIpc) is 3.12. The second-order valence-electron chi connectivity index (χ2n) is 7.09. The number of para-hydroxylation sites is 2. The fourth-order valence-corrected chi connectivity index (χ4v) is 4.84. The molecule has 0 saturated carbocycles. The molecule has 2 aromatic carbocycles. The number of aromatic nitrogens is 1. The number of alkyl halides is 3.